The van der Waals surface area contributed by atoms with E-state index in [0.717, 1.165) is 53.9 Å². The molecule has 2 aromatic heterocycles. The lowest BCUT2D eigenvalue weighted by atomic mass is 9.84. The summed E-state index contributed by atoms with van der Waals surface area (Å²) in [5, 5.41) is 23.2. The number of hydrogen-bond donors (Lipinski definition) is 3. The van der Waals surface area contributed by atoms with Crippen molar-refractivity contribution < 1.29 is 18.6 Å². The Labute approximate surface area is 230 Å². The molecule has 14 heteroatoms. The molecule has 4 heterocycles. The zero-order chi connectivity index (χ0) is 28.8. The van der Waals surface area contributed by atoms with Crippen LogP contribution >= 0.6 is 0 Å². The molecule has 0 unspecified atom stereocenters. The molecule has 12 nitrogen and oxygen atoms in total. The summed E-state index contributed by atoms with van der Waals surface area (Å²) < 4.78 is 37.8. The first kappa shape index (κ1) is 27.9. The number of tetrazole rings is 1. The summed E-state index contributed by atoms with van der Waals surface area (Å²) in [6.45, 7) is 8.35. The van der Waals surface area contributed by atoms with Gasteiger partial charge in [-0.2, -0.15) is 14.3 Å². The average Bonchev–Trinajstić information content (AvgIpc) is 3.49. The Hall–Kier alpha value is -3.65. The van der Waals surface area contributed by atoms with Crippen molar-refractivity contribution in [3.8, 4) is 11.4 Å². The van der Waals surface area contributed by atoms with Gasteiger partial charge in [0.15, 0.2) is 17.5 Å². The monoisotopic (exact) mass is 559 g/mol. The van der Waals surface area contributed by atoms with Gasteiger partial charge in [0.05, 0.1) is 18.5 Å². The van der Waals surface area contributed by atoms with Crippen molar-refractivity contribution in [2.45, 2.75) is 76.6 Å². The second-order valence-electron chi connectivity index (χ2n) is 11.7. The molecule has 2 fully saturated rings. The number of aryl methyl sites for hydroxylation is 1. The number of hydrogen-bond acceptors (Lipinski definition) is 10. The quantitative estimate of drug-likeness (QED) is 0.378. The highest BCUT2D eigenvalue weighted by Crippen LogP contribution is 2.39. The fraction of sp³-hybridized carbons (Fsp3) is 0.577. The molecular formula is C26H35F2N9O3. The molecule has 0 bridgehead atoms. The normalized spacial score (nSPS) is 20.8. The molecule has 2 aliphatic heterocycles. The van der Waals surface area contributed by atoms with Crippen molar-refractivity contribution >= 4 is 17.5 Å². The van der Waals surface area contributed by atoms with Crippen LogP contribution in [0.5, 0.6) is 5.75 Å². The van der Waals surface area contributed by atoms with Crippen LogP contribution < -0.4 is 21.1 Å². The van der Waals surface area contributed by atoms with Crippen LogP contribution in [0.2, 0.25) is 0 Å². The lowest BCUT2D eigenvalue weighted by Crippen LogP contribution is -2.55. The van der Waals surface area contributed by atoms with Crippen molar-refractivity contribution in [3.05, 3.63) is 40.4 Å². The standard InChI is InChI=1S/C26H35F2N9O3/c1-25(2)12-15(9-16-7-6-8-36(16)25)30-22-18(28)13-29-23(32-22)31-19-11-20(37-24(39)35(5)33-34-37)21(10-17(19)27)40-26(3,4)14-38/h10-11,13,15-16,38H,6-9,12,14H2,1-5H3,(H2,29,30,31,32)/t15-,16-/m1/s1. The van der Waals surface area contributed by atoms with Crippen molar-refractivity contribution in [2.24, 2.45) is 7.05 Å². The predicted octanol–water partition coefficient (Wildman–Crippen LogP) is 2.74. The van der Waals surface area contributed by atoms with Crippen LogP contribution in [-0.4, -0.2) is 76.1 Å². The van der Waals surface area contributed by atoms with Crippen LogP contribution in [0.15, 0.2) is 23.1 Å². The molecular weight excluding hydrogens is 524 g/mol. The number of nitrogens with zero attached hydrogens (tertiary/aromatic N) is 7. The summed E-state index contributed by atoms with van der Waals surface area (Å²) in [6, 6.07) is 2.82. The molecule has 1 aromatic carbocycles. The number of benzene rings is 1. The first-order valence-corrected chi connectivity index (χ1v) is 13.3. The Morgan fingerprint density at radius 1 is 1.23 bits per heavy atom. The minimum absolute atomic E-state index is 0.0183. The van der Waals surface area contributed by atoms with Crippen LogP contribution in [-0.2, 0) is 7.05 Å². The third kappa shape index (κ3) is 5.50. The molecule has 0 saturated carbocycles. The van der Waals surface area contributed by atoms with Gasteiger partial charge < -0.3 is 20.5 Å². The molecule has 0 aliphatic carbocycles. The number of aromatic nitrogens is 6. The maximum atomic E-state index is 15.3. The molecule has 40 heavy (non-hydrogen) atoms. The summed E-state index contributed by atoms with van der Waals surface area (Å²) in [6.07, 6.45) is 5.01. The van der Waals surface area contributed by atoms with Crippen LogP contribution in [0.1, 0.15) is 53.4 Å². The molecule has 0 amide bonds. The molecule has 2 aliphatic rings. The Bertz CT molecular complexity index is 1460. The van der Waals surface area contributed by atoms with Gasteiger partial charge in [0.25, 0.3) is 0 Å². The van der Waals surface area contributed by atoms with Gasteiger partial charge in [-0.15, -0.1) is 0 Å². The van der Waals surface area contributed by atoms with E-state index in [1.165, 1.54) is 13.1 Å². The molecule has 3 aromatic rings. The zero-order valence-electron chi connectivity index (χ0n) is 23.3. The van der Waals surface area contributed by atoms with Crippen molar-refractivity contribution in [3.63, 3.8) is 0 Å². The third-order valence-electron chi connectivity index (χ3n) is 7.55. The van der Waals surface area contributed by atoms with E-state index in [1.54, 1.807) is 13.8 Å². The number of nitrogens with one attached hydrogen (secondary N) is 2. The predicted molar refractivity (Wildman–Crippen MR) is 144 cm³/mol. The van der Waals surface area contributed by atoms with Crippen LogP contribution in [0, 0.1) is 11.6 Å². The smallest absolute Gasteiger partial charge is 0.368 e. The van der Waals surface area contributed by atoms with E-state index in [9.17, 15) is 14.3 Å². The average molecular weight is 560 g/mol. The maximum Gasteiger partial charge on any atom is 0.368 e. The molecule has 2 atom stereocenters. The van der Waals surface area contributed by atoms with Crippen LogP contribution in [0.4, 0.5) is 26.2 Å². The molecule has 0 spiro atoms. The fourth-order valence-electron chi connectivity index (χ4n) is 5.64. The van der Waals surface area contributed by atoms with E-state index in [1.807, 2.05) is 0 Å². The van der Waals surface area contributed by atoms with E-state index < -0.39 is 22.9 Å². The van der Waals surface area contributed by atoms with Gasteiger partial charge in [-0.25, -0.2) is 18.6 Å². The first-order chi connectivity index (χ1) is 18.9. The Morgan fingerprint density at radius 3 is 2.70 bits per heavy atom. The number of ether oxygens (including phenoxy) is 1. The molecule has 0 radical (unpaired) electrons. The number of aliphatic hydroxyl groups is 1. The summed E-state index contributed by atoms with van der Waals surface area (Å²) in [7, 11) is 1.42. The number of aliphatic hydroxyl groups excluding tert-OH is 1. The Balaban J connectivity index is 1.43. The minimum Gasteiger partial charge on any atom is -0.483 e. The first-order valence-electron chi connectivity index (χ1n) is 13.3. The van der Waals surface area contributed by atoms with Crippen molar-refractivity contribution in [2.75, 3.05) is 23.8 Å². The van der Waals surface area contributed by atoms with E-state index >= 15 is 4.39 Å². The summed E-state index contributed by atoms with van der Waals surface area (Å²) >= 11 is 0. The maximum absolute atomic E-state index is 15.3. The number of anilines is 3. The fourth-order valence-corrected chi connectivity index (χ4v) is 5.64. The van der Waals surface area contributed by atoms with Gasteiger partial charge in [0.1, 0.15) is 17.0 Å². The topological polar surface area (TPSA) is 135 Å². The van der Waals surface area contributed by atoms with Crippen molar-refractivity contribution in [1.29, 1.82) is 0 Å². The van der Waals surface area contributed by atoms with E-state index in [0.29, 0.717) is 6.04 Å². The molecule has 216 valence electrons. The van der Waals surface area contributed by atoms with E-state index in [2.05, 4.69) is 49.8 Å². The number of halogens is 2. The minimum atomic E-state index is -1.08. The van der Waals surface area contributed by atoms with Gasteiger partial charge in [-0.3, -0.25) is 4.90 Å². The second-order valence-corrected chi connectivity index (χ2v) is 11.7. The Morgan fingerprint density at radius 2 is 2.00 bits per heavy atom. The molecule has 5 rings (SSSR count). The van der Waals surface area contributed by atoms with Gasteiger partial charge in [-0.1, -0.05) is 0 Å². The molecule has 3 N–H and O–H groups in total. The number of piperidine rings is 1. The number of fused-ring (bicyclic) bond motifs is 1. The highest BCUT2D eigenvalue weighted by Gasteiger charge is 2.43. The SMILES string of the molecule is Cn1nnn(-c2cc(Nc3ncc(F)c(N[C@@H]4C[C@H]5CCCN5C(C)(C)C4)n3)c(F)cc2OC(C)(C)CO)c1=O. The largest absolute Gasteiger partial charge is 0.483 e. The summed E-state index contributed by atoms with van der Waals surface area (Å²) in [5.74, 6) is -1.41. The summed E-state index contributed by atoms with van der Waals surface area (Å²) in [5.41, 5.74) is -1.71. The van der Waals surface area contributed by atoms with Gasteiger partial charge in [0, 0.05) is 30.7 Å². The molecule has 2 saturated heterocycles. The van der Waals surface area contributed by atoms with Crippen molar-refractivity contribution in [1.82, 2.24) is 34.7 Å². The van der Waals surface area contributed by atoms with Crippen LogP contribution in [0.3, 0.4) is 0 Å². The van der Waals surface area contributed by atoms with Gasteiger partial charge >= 0.3 is 5.69 Å². The highest BCUT2D eigenvalue weighted by atomic mass is 19.1. The Kier molecular flexibility index (Phi) is 7.25. The highest BCUT2D eigenvalue weighted by molar-refractivity contribution is 5.63. The lowest BCUT2D eigenvalue weighted by Gasteiger charge is -2.47. The lowest BCUT2D eigenvalue weighted by molar-refractivity contribution is 0.0408. The van der Waals surface area contributed by atoms with E-state index in [-0.39, 0.29) is 47.1 Å². The summed E-state index contributed by atoms with van der Waals surface area (Å²) in [4.78, 5) is 23.4. The zero-order valence-corrected chi connectivity index (χ0v) is 23.3. The third-order valence-corrected chi connectivity index (χ3v) is 7.55. The van der Waals surface area contributed by atoms with Crippen LogP contribution in [0.25, 0.3) is 5.69 Å². The second kappa shape index (κ2) is 10.4. The van der Waals surface area contributed by atoms with E-state index in [4.69, 9.17) is 4.74 Å². The number of rotatable bonds is 8. The van der Waals surface area contributed by atoms with Gasteiger partial charge in [0.2, 0.25) is 5.95 Å². The van der Waals surface area contributed by atoms with Gasteiger partial charge in [-0.05, 0) is 76.4 Å².